The minimum atomic E-state index is -3.76. The fraction of sp³-hybridized carbons (Fsp3) is 0.333. The summed E-state index contributed by atoms with van der Waals surface area (Å²) in [4.78, 5) is 24.7. The van der Waals surface area contributed by atoms with Gasteiger partial charge in [-0.25, -0.2) is 13.2 Å². The molecule has 2 aromatic carbocycles. The van der Waals surface area contributed by atoms with Crippen molar-refractivity contribution in [1.29, 1.82) is 0 Å². The Labute approximate surface area is 176 Å². The zero-order valence-electron chi connectivity index (χ0n) is 17.4. The van der Waals surface area contributed by atoms with Crippen LogP contribution in [0.15, 0.2) is 48.5 Å². The molecule has 0 aliphatic rings. The number of anilines is 2. The van der Waals surface area contributed by atoms with Crippen LogP contribution in [0.5, 0.6) is 5.75 Å². The first kappa shape index (κ1) is 23.2. The van der Waals surface area contributed by atoms with E-state index in [-0.39, 0.29) is 12.0 Å². The molecule has 0 spiro atoms. The fourth-order valence-electron chi connectivity index (χ4n) is 2.98. The number of hydrogen-bond acceptors (Lipinski definition) is 6. The summed E-state index contributed by atoms with van der Waals surface area (Å²) in [6, 6.07) is 11.8. The Balaban J connectivity index is 2.33. The average molecular weight is 435 g/mol. The van der Waals surface area contributed by atoms with Crippen LogP contribution >= 0.6 is 0 Å². The van der Waals surface area contributed by atoms with Crippen LogP contribution in [0.3, 0.4) is 0 Å². The maximum Gasteiger partial charge on any atom is 0.337 e. The number of nitrogens with one attached hydrogen (secondary N) is 1. The van der Waals surface area contributed by atoms with Gasteiger partial charge in [0.2, 0.25) is 15.9 Å². The SMILES string of the molecule is CCOc1ccc(N(C(CC)C(=O)Nc2cccc(C(=O)OC)c2)S(C)(=O)=O)cc1. The normalized spacial score (nSPS) is 12.0. The van der Waals surface area contributed by atoms with E-state index in [4.69, 9.17) is 4.74 Å². The van der Waals surface area contributed by atoms with Gasteiger partial charge >= 0.3 is 5.97 Å². The van der Waals surface area contributed by atoms with E-state index >= 15 is 0 Å². The maximum absolute atomic E-state index is 13.0. The Kier molecular flexibility index (Phi) is 7.82. The summed E-state index contributed by atoms with van der Waals surface area (Å²) in [7, 11) is -2.49. The molecule has 1 unspecified atom stereocenters. The molecule has 0 saturated heterocycles. The van der Waals surface area contributed by atoms with E-state index < -0.39 is 27.9 Å². The lowest BCUT2D eigenvalue weighted by molar-refractivity contribution is -0.117. The topological polar surface area (TPSA) is 102 Å². The highest BCUT2D eigenvalue weighted by molar-refractivity contribution is 7.92. The third-order valence-electron chi connectivity index (χ3n) is 4.28. The second-order valence-electron chi connectivity index (χ2n) is 6.47. The molecule has 0 aliphatic carbocycles. The number of ether oxygens (including phenoxy) is 2. The third-order valence-corrected chi connectivity index (χ3v) is 5.46. The van der Waals surface area contributed by atoms with Crippen molar-refractivity contribution in [3.63, 3.8) is 0 Å². The Morgan fingerprint density at radius 2 is 1.77 bits per heavy atom. The number of sulfonamides is 1. The van der Waals surface area contributed by atoms with Gasteiger partial charge in [0.1, 0.15) is 11.8 Å². The van der Waals surface area contributed by atoms with Crippen LogP contribution in [-0.4, -0.2) is 46.3 Å². The first-order chi connectivity index (χ1) is 14.2. The summed E-state index contributed by atoms with van der Waals surface area (Å²) >= 11 is 0. The van der Waals surface area contributed by atoms with E-state index in [1.54, 1.807) is 49.4 Å². The number of esters is 1. The van der Waals surface area contributed by atoms with Crippen LogP contribution in [0, 0.1) is 0 Å². The van der Waals surface area contributed by atoms with Crippen molar-refractivity contribution in [1.82, 2.24) is 0 Å². The molecule has 0 heterocycles. The Bertz CT molecular complexity index is 989. The molecule has 0 aliphatic heterocycles. The van der Waals surface area contributed by atoms with Gasteiger partial charge in [0.25, 0.3) is 0 Å². The number of amides is 1. The van der Waals surface area contributed by atoms with Crippen molar-refractivity contribution in [3.05, 3.63) is 54.1 Å². The van der Waals surface area contributed by atoms with Crippen LogP contribution in [0.2, 0.25) is 0 Å². The number of nitrogens with zero attached hydrogens (tertiary/aromatic N) is 1. The molecule has 0 aromatic heterocycles. The van der Waals surface area contributed by atoms with Crippen molar-refractivity contribution in [2.75, 3.05) is 29.6 Å². The first-order valence-corrected chi connectivity index (χ1v) is 11.3. The number of carbonyl (C=O) groups is 2. The molecule has 1 atom stereocenters. The quantitative estimate of drug-likeness (QED) is 0.609. The second-order valence-corrected chi connectivity index (χ2v) is 8.33. The molecule has 162 valence electrons. The smallest absolute Gasteiger partial charge is 0.337 e. The van der Waals surface area contributed by atoms with Crippen LogP contribution in [0.1, 0.15) is 30.6 Å². The standard InChI is InChI=1S/C21H26N2O6S/c1-5-19(20(24)22-16-9-7-8-15(14-16)21(25)28-3)23(30(4,26)27)17-10-12-18(13-11-17)29-6-2/h7-14,19H,5-6H2,1-4H3,(H,22,24). The zero-order chi connectivity index (χ0) is 22.3. The summed E-state index contributed by atoms with van der Waals surface area (Å²) in [6.45, 7) is 4.06. The van der Waals surface area contributed by atoms with E-state index in [1.807, 2.05) is 6.92 Å². The van der Waals surface area contributed by atoms with Gasteiger partial charge in [0, 0.05) is 5.69 Å². The monoisotopic (exact) mass is 434 g/mol. The van der Waals surface area contributed by atoms with E-state index in [0.717, 1.165) is 10.6 Å². The van der Waals surface area contributed by atoms with E-state index in [1.165, 1.54) is 13.2 Å². The lowest BCUT2D eigenvalue weighted by Gasteiger charge is -2.30. The summed E-state index contributed by atoms with van der Waals surface area (Å²) in [5, 5.41) is 2.69. The van der Waals surface area contributed by atoms with Gasteiger partial charge in [0.05, 0.1) is 31.2 Å². The van der Waals surface area contributed by atoms with Gasteiger partial charge in [-0.15, -0.1) is 0 Å². The van der Waals surface area contributed by atoms with Gasteiger partial charge < -0.3 is 14.8 Å². The number of methoxy groups -OCH3 is 1. The van der Waals surface area contributed by atoms with Crippen LogP contribution in [0.25, 0.3) is 0 Å². The number of carbonyl (C=O) groups excluding carboxylic acids is 2. The highest BCUT2D eigenvalue weighted by atomic mass is 32.2. The summed E-state index contributed by atoms with van der Waals surface area (Å²) in [5.41, 5.74) is 0.989. The van der Waals surface area contributed by atoms with Gasteiger partial charge in [-0.05, 0) is 55.8 Å². The van der Waals surface area contributed by atoms with Crippen molar-refractivity contribution in [2.45, 2.75) is 26.3 Å². The molecule has 1 N–H and O–H groups in total. The van der Waals surface area contributed by atoms with Gasteiger partial charge in [-0.2, -0.15) is 0 Å². The summed E-state index contributed by atoms with van der Waals surface area (Å²) < 4.78 is 36.2. The van der Waals surface area contributed by atoms with E-state index in [0.29, 0.717) is 23.7 Å². The molecule has 0 radical (unpaired) electrons. The number of hydrogen-bond donors (Lipinski definition) is 1. The molecule has 0 saturated carbocycles. The van der Waals surface area contributed by atoms with Crippen molar-refractivity contribution in [2.24, 2.45) is 0 Å². The van der Waals surface area contributed by atoms with Gasteiger partial charge in [-0.3, -0.25) is 9.10 Å². The highest BCUT2D eigenvalue weighted by Gasteiger charge is 2.31. The Morgan fingerprint density at radius 1 is 1.10 bits per heavy atom. The molecule has 8 nitrogen and oxygen atoms in total. The minimum absolute atomic E-state index is 0.239. The molecule has 0 bridgehead atoms. The second kappa shape index (κ2) is 10.1. The molecule has 2 aromatic rings. The molecule has 0 fully saturated rings. The van der Waals surface area contributed by atoms with E-state index in [2.05, 4.69) is 10.1 Å². The van der Waals surface area contributed by atoms with Crippen LogP contribution in [0.4, 0.5) is 11.4 Å². The van der Waals surface area contributed by atoms with Crippen molar-refractivity contribution >= 4 is 33.3 Å². The van der Waals surface area contributed by atoms with Crippen molar-refractivity contribution < 1.29 is 27.5 Å². The fourth-order valence-corrected chi connectivity index (χ4v) is 4.20. The number of benzene rings is 2. The molecule has 2 rings (SSSR count). The molecule has 9 heteroatoms. The molecular formula is C21H26N2O6S. The maximum atomic E-state index is 13.0. The molecule has 1 amide bonds. The highest BCUT2D eigenvalue weighted by Crippen LogP contribution is 2.26. The van der Waals surface area contributed by atoms with Crippen molar-refractivity contribution in [3.8, 4) is 5.75 Å². The van der Waals surface area contributed by atoms with Crippen LogP contribution in [-0.2, 0) is 19.6 Å². The Morgan fingerprint density at radius 3 is 2.30 bits per heavy atom. The largest absolute Gasteiger partial charge is 0.494 e. The first-order valence-electron chi connectivity index (χ1n) is 9.42. The Hall–Kier alpha value is -3.07. The molecule has 30 heavy (non-hydrogen) atoms. The predicted octanol–water partition coefficient (Wildman–Crippen LogP) is 3.06. The average Bonchev–Trinajstić information content (AvgIpc) is 2.71. The lowest BCUT2D eigenvalue weighted by Crippen LogP contribution is -2.47. The number of rotatable bonds is 9. The van der Waals surface area contributed by atoms with Gasteiger partial charge in [0.15, 0.2) is 0 Å². The third kappa shape index (κ3) is 5.73. The lowest BCUT2D eigenvalue weighted by atomic mass is 10.1. The zero-order valence-corrected chi connectivity index (χ0v) is 18.2. The van der Waals surface area contributed by atoms with Crippen LogP contribution < -0.4 is 14.4 Å². The summed E-state index contributed by atoms with van der Waals surface area (Å²) in [6.07, 6.45) is 1.29. The summed E-state index contributed by atoms with van der Waals surface area (Å²) in [5.74, 6) is -0.448. The van der Waals surface area contributed by atoms with E-state index in [9.17, 15) is 18.0 Å². The molecular weight excluding hydrogens is 408 g/mol. The predicted molar refractivity (Wildman–Crippen MR) is 115 cm³/mol. The van der Waals surface area contributed by atoms with Gasteiger partial charge in [-0.1, -0.05) is 13.0 Å². The minimum Gasteiger partial charge on any atom is -0.494 e.